The Hall–Kier alpha value is -1.30. The Morgan fingerprint density at radius 1 is 1.24 bits per heavy atom. The van der Waals surface area contributed by atoms with Crippen molar-refractivity contribution in [2.45, 2.75) is 52.4 Å². The molecule has 6 heteroatoms. The van der Waals surface area contributed by atoms with Crippen LogP contribution in [0.3, 0.4) is 0 Å². The maximum absolute atomic E-state index is 11.2. The Labute approximate surface area is 153 Å². The van der Waals surface area contributed by atoms with Gasteiger partial charge in [-0.05, 0) is 70.5 Å². The van der Waals surface area contributed by atoms with Crippen LogP contribution in [0.2, 0.25) is 0 Å². The van der Waals surface area contributed by atoms with E-state index in [0.29, 0.717) is 12.3 Å². The van der Waals surface area contributed by atoms with E-state index < -0.39 is 0 Å². The Morgan fingerprint density at radius 3 is 2.68 bits per heavy atom. The molecule has 1 amide bonds. The first-order chi connectivity index (χ1) is 12.1. The van der Waals surface area contributed by atoms with Crippen molar-refractivity contribution in [1.82, 2.24) is 15.1 Å². The molecule has 3 N–H and O–H groups in total. The molecule has 2 aliphatic heterocycles. The Kier molecular flexibility index (Phi) is 8.52. The fourth-order valence-corrected chi connectivity index (χ4v) is 3.90. The lowest BCUT2D eigenvalue weighted by atomic mass is 9.95. The average Bonchev–Trinajstić information content (AvgIpc) is 2.59. The van der Waals surface area contributed by atoms with Crippen LogP contribution < -0.4 is 11.1 Å². The largest absolute Gasteiger partial charge is 0.370 e. The summed E-state index contributed by atoms with van der Waals surface area (Å²) in [5, 5.41) is 3.42. The van der Waals surface area contributed by atoms with Crippen LogP contribution in [0.15, 0.2) is 4.99 Å². The molecule has 1 unspecified atom stereocenters. The van der Waals surface area contributed by atoms with Crippen LogP contribution >= 0.6 is 0 Å². The van der Waals surface area contributed by atoms with E-state index >= 15 is 0 Å². The smallest absolute Gasteiger partial charge is 0.217 e. The van der Waals surface area contributed by atoms with Gasteiger partial charge in [0.05, 0.1) is 0 Å². The number of carbonyl (C=O) groups excluding carboxylic acids is 1. The maximum atomic E-state index is 11.2. The number of likely N-dealkylation sites (tertiary alicyclic amines) is 2. The molecule has 0 aromatic carbocycles. The number of rotatable bonds is 7. The van der Waals surface area contributed by atoms with E-state index in [2.05, 4.69) is 29.0 Å². The second-order valence-corrected chi connectivity index (χ2v) is 7.74. The van der Waals surface area contributed by atoms with Gasteiger partial charge in [0, 0.05) is 32.6 Å². The number of nitrogens with one attached hydrogen (secondary N) is 1. The number of nitrogens with zero attached hydrogens (tertiary/aromatic N) is 3. The lowest BCUT2D eigenvalue weighted by molar-refractivity contribution is -0.119. The highest BCUT2D eigenvalue weighted by Gasteiger charge is 2.23. The number of amides is 1. The summed E-state index contributed by atoms with van der Waals surface area (Å²) < 4.78 is 0. The van der Waals surface area contributed by atoms with Crippen molar-refractivity contribution in [3.8, 4) is 0 Å². The molecule has 0 radical (unpaired) electrons. The molecular formula is C19H37N5O. The number of primary amides is 1. The van der Waals surface area contributed by atoms with Crippen LogP contribution in [0, 0.1) is 11.8 Å². The first-order valence-corrected chi connectivity index (χ1v) is 10.1. The van der Waals surface area contributed by atoms with Crippen LogP contribution in [-0.4, -0.2) is 67.5 Å². The molecular weight excluding hydrogens is 314 g/mol. The van der Waals surface area contributed by atoms with E-state index in [1.165, 1.54) is 25.9 Å². The molecule has 2 saturated heterocycles. The fraction of sp³-hybridized carbons (Fsp3) is 0.895. The monoisotopic (exact) mass is 351 g/mol. The van der Waals surface area contributed by atoms with E-state index in [0.717, 1.165) is 63.9 Å². The summed E-state index contributed by atoms with van der Waals surface area (Å²) in [7, 11) is 0. The van der Waals surface area contributed by atoms with Crippen molar-refractivity contribution in [3.63, 3.8) is 0 Å². The van der Waals surface area contributed by atoms with Crippen molar-refractivity contribution in [1.29, 1.82) is 0 Å². The highest BCUT2D eigenvalue weighted by atomic mass is 16.1. The number of piperidine rings is 2. The maximum Gasteiger partial charge on any atom is 0.217 e. The summed E-state index contributed by atoms with van der Waals surface area (Å²) in [6.07, 6.45) is 6.47. The SMILES string of the molecule is CCNC(=NCCCN1CCC(C)CC1)N1CCCC(CC(N)=O)C1. The molecule has 6 nitrogen and oxygen atoms in total. The summed E-state index contributed by atoms with van der Waals surface area (Å²) in [5.41, 5.74) is 5.37. The second-order valence-electron chi connectivity index (χ2n) is 7.74. The van der Waals surface area contributed by atoms with Crippen LogP contribution in [-0.2, 0) is 4.79 Å². The van der Waals surface area contributed by atoms with Gasteiger partial charge in [0.1, 0.15) is 0 Å². The number of hydrogen-bond donors (Lipinski definition) is 2. The van der Waals surface area contributed by atoms with Crippen molar-refractivity contribution < 1.29 is 4.79 Å². The average molecular weight is 352 g/mol. The lowest BCUT2D eigenvalue weighted by Crippen LogP contribution is -2.47. The van der Waals surface area contributed by atoms with E-state index in [-0.39, 0.29) is 5.91 Å². The van der Waals surface area contributed by atoms with Gasteiger partial charge in [-0.25, -0.2) is 0 Å². The first kappa shape index (κ1) is 20.0. The summed E-state index contributed by atoms with van der Waals surface area (Å²) in [4.78, 5) is 20.9. The van der Waals surface area contributed by atoms with Crippen LogP contribution in [0.25, 0.3) is 0 Å². The minimum atomic E-state index is -0.190. The predicted octanol–water partition coefficient (Wildman–Crippen LogP) is 1.66. The van der Waals surface area contributed by atoms with Gasteiger partial charge in [-0.1, -0.05) is 6.92 Å². The molecule has 0 spiro atoms. The van der Waals surface area contributed by atoms with E-state index in [4.69, 9.17) is 10.7 Å². The number of guanidine groups is 1. The second kappa shape index (κ2) is 10.6. The summed E-state index contributed by atoms with van der Waals surface area (Å²) in [6, 6.07) is 0. The van der Waals surface area contributed by atoms with Gasteiger partial charge < -0.3 is 20.9 Å². The number of aliphatic imine (C=N–C) groups is 1. The highest BCUT2D eigenvalue weighted by Crippen LogP contribution is 2.19. The van der Waals surface area contributed by atoms with Crippen molar-refractivity contribution in [2.24, 2.45) is 22.6 Å². The summed E-state index contributed by atoms with van der Waals surface area (Å²) in [6.45, 7) is 11.7. The van der Waals surface area contributed by atoms with Crippen LogP contribution in [0.1, 0.15) is 52.4 Å². The van der Waals surface area contributed by atoms with Gasteiger partial charge in [-0.3, -0.25) is 9.79 Å². The predicted molar refractivity (Wildman–Crippen MR) is 104 cm³/mol. The number of nitrogens with two attached hydrogens (primary N) is 1. The summed E-state index contributed by atoms with van der Waals surface area (Å²) in [5.74, 6) is 2.07. The third-order valence-corrected chi connectivity index (χ3v) is 5.41. The Bertz CT molecular complexity index is 432. The molecule has 0 aromatic heterocycles. The molecule has 0 aliphatic carbocycles. The molecule has 144 valence electrons. The molecule has 0 bridgehead atoms. The summed E-state index contributed by atoms with van der Waals surface area (Å²) >= 11 is 0. The fourth-order valence-electron chi connectivity index (χ4n) is 3.90. The van der Waals surface area contributed by atoms with Gasteiger partial charge in [0.2, 0.25) is 5.91 Å². The van der Waals surface area contributed by atoms with Crippen molar-refractivity contribution >= 4 is 11.9 Å². The molecule has 2 fully saturated rings. The van der Waals surface area contributed by atoms with Gasteiger partial charge in [0.25, 0.3) is 0 Å². The van der Waals surface area contributed by atoms with E-state index in [9.17, 15) is 4.79 Å². The normalized spacial score (nSPS) is 23.7. The lowest BCUT2D eigenvalue weighted by Gasteiger charge is -2.34. The molecule has 2 aliphatic rings. The van der Waals surface area contributed by atoms with E-state index in [1.807, 2.05) is 0 Å². The Morgan fingerprint density at radius 2 is 2.00 bits per heavy atom. The number of carbonyl (C=O) groups is 1. The molecule has 2 heterocycles. The van der Waals surface area contributed by atoms with Crippen molar-refractivity contribution in [3.05, 3.63) is 0 Å². The quantitative estimate of drug-likeness (QED) is 0.416. The zero-order valence-corrected chi connectivity index (χ0v) is 16.2. The van der Waals surface area contributed by atoms with Gasteiger partial charge in [-0.15, -0.1) is 0 Å². The van der Waals surface area contributed by atoms with Crippen LogP contribution in [0.5, 0.6) is 0 Å². The molecule has 25 heavy (non-hydrogen) atoms. The molecule has 2 rings (SSSR count). The molecule has 0 aromatic rings. The standard InChI is InChI=1S/C19H37N5O/c1-3-21-19(24-11-4-6-17(15-24)14-18(20)25)22-9-5-10-23-12-7-16(2)8-13-23/h16-17H,3-15H2,1-2H3,(H2,20,25)(H,21,22). The van der Waals surface area contributed by atoms with Crippen LogP contribution in [0.4, 0.5) is 0 Å². The Balaban J connectivity index is 1.78. The topological polar surface area (TPSA) is 74.0 Å². The van der Waals surface area contributed by atoms with Gasteiger partial charge in [-0.2, -0.15) is 0 Å². The molecule has 0 saturated carbocycles. The molecule has 1 atom stereocenters. The minimum absolute atomic E-state index is 0.190. The highest BCUT2D eigenvalue weighted by molar-refractivity contribution is 5.80. The van der Waals surface area contributed by atoms with E-state index in [1.54, 1.807) is 0 Å². The zero-order valence-electron chi connectivity index (χ0n) is 16.2. The first-order valence-electron chi connectivity index (χ1n) is 10.1. The minimum Gasteiger partial charge on any atom is -0.370 e. The third-order valence-electron chi connectivity index (χ3n) is 5.41. The number of hydrogen-bond acceptors (Lipinski definition) is 3. The zero-order chi connectivity index (χ0) is 18.1. The van der Waals surface area contributed by atoms with Crippen molar-refractivity contribution in [2.75, 3.05) is 45.8 Å². The van der Waals surface area contributed by atoms with Gasteiger partial charge >= 0.3 is 0 Å². The van der Waals surface area contributed by atoms with Gasteiger partial charge in [0.15, 0.2) is 5.96 Å². The third kappa shape index (κ3) is 7.22.